The van der Waals surface area contributed by atoms with Crippen molar-refractivity contribution in [2.24, 2.45) is 0 Å². The molecule has 1 heterocycles. The van der Waals surface area contributed by atoms with E-state index in [2.05, 4.69) is 5.32 Å². The van der Waals surface area contributed by atoms with Crippen LogP contribution in [0.4, 0.5) is 0 Å². The first-order valence-corrected chi connectivity index (χ1v) is 13.9. The summed E-state index contributed by atoms with van der Waals surface area (Å²) in [5.41, 5.74) is -1.52. The first-order valence-electron chi connectivity index (χ1n) is 13.9. The number of phenols is 1. The number of esters is 2. The van der Waals surface area contributed by atoms with Gasteiger partial charge < -0.3 is 24.6 Å². The minimum Gasteiger partial charge on any atom is -0.507 e. The first kappa shape index (κ1) is 29.2. The topological polar surface area (TPSA) is 111 Å². The summed E-state index contributed by atoms with van der Waals surface area (Å²) in [5.74, 6) is -3.55. The van der Waals surface area contributed by atoms with Crippen molar-refractivity contribution in [3.8, 4) is 11.5 Å². The number of phenolic OH excluding ortho intramolecular Hbond substituents is 1. The fraction of sp³-hybridized carbons (Fsp3) is 0.469. The number of ketones is 1. The summed E-state index contributed by atoms with van der Waals surface area (Å²) in [5, 5.41) is 14.9. The average molecular weight is 550 g/mol. The average Bonchev–Trinajstić information content (AvgIpc) is 2.87. The van der Waals surface area contributed by atoms with Gasteiger partial charge in [0.25, 0.3) is 0 Å². The number of rotatable bonds is 6. The van der Waals surface area contributed by atoms with Gasteiger partial charge >= 0.3 is 11.9 Å². The second-order valence-corrected chi connectivity index (χ2v) is 12.4. The van der Waals surface area contributed by atoms with Gasteiger partial charge in [-0.25, -0.2) is 4.79 Å². The van der Waals surface area contributed by atoms with Crippen LogP contribution < -0.4 is 10.1 Å². The maximum atomic E-state index is 13.9. The Morgan fingerprint density at radius 1 is 0.875 bits per heavy atom. The molecule has 0 spiro atoms. The van der Waals surface area contributed by atoms with E-state index in [0.29, 0.717) is 5.56 Å². The quantitative estimate of drug-likeness (QED) is 0.338. The minimum absolute atomic E-state index is 0.00826. The molecular formula is C32H39NO7. The lowest BCUT2D eigenvalue weighted by molar-refractivity contribution is -0.160. The Hall–Kier alpha value is -3.81. The van der Waals surface area contributed by atoms with Crippen LogP contribution in [0.1, 0.15) is 101 Å². The zero-order valence-electron chi connectivity index (χ0n) is 24.1. The van der Waals surface area contributed by atoms with Crippen molar-refractivity contribution in [3.05, 3.63) is 70.6 Å². The van der Waals surface area contributed by atoms with Crippen LogP contribution in [-0.2, 0) is 19.1 Å². The van der Waals surface area contributed by atoms with E-state index in [-0.39, 0.29) is 34.4 Å². The molecular weight excluding hydrogens is 510 g/mol. The van der Waals surface area contributed by atoms with Crippen LogP contribution in [0.3, 0.4) is 0 Å². The molecule has 0 amide bonds. The van der Waals surface area contributed by atoms with Gasteiger partial charge in [-0.05, 0) is 66.5 Å². The number of carbonyl (C=O) groups excluding carboxylic acids is 3. The number of hydrogen-bond donors (Lipinski definition) is 2. The lowest BCUT2D eigenvalue weighted by atomic mass is 9.85. The van der Waals surface area contributed by atoms with Crippen molar-refractivity contribution in [1.29, 1.82) is 0 Å². The van der Waals surface area contributed by atoms with Crippen molar-refractivity contribution in [2.45, 2.75) is 96.8 Å². The molecule has 8 nitrogen and oxygen atoms in total. The molecule has 1 unspecified atom stereocenters. The lowest BCUT2D eigenvalue weighted by Crippen LogP contribution is -2.41. The van der Waals surface area contributed by atoms with Crippen molar-refractivity contribution in [1.82, 2.24) is 5.32 Å². The van der Waals surface area contributed by atoms with E-state index in [1.54, 1.807) is 71.9 Å². The molecule has 0 radical (unpaired) electrons. The summed E-state index contributed by atoms with van der Waals surface area (Å²) in [6, 6.07) is 11.6. The van der Waals surface area contributed by atoms with Gasteiger partial charge in [-0.2, -0.15) is 0 Å². The van der Waals surface area contributed by atoms with E-state index in [9.17, 15) is 19.5 Å². The Kier molecular flexibility index (Phi) is 8.28. The van der Waals surface area contributed by atoms with Gasteiger partial charge in [0.2, 0.25) is 5.88 Å². The lowest BCUT2D eigenvalue weighted by Gasteiger charge is -2.34. The number of hydrogen-bond acceptors (Lipinski definition) is 8. The molecule has 1 aliphatic carbocycles. The number of nitrogens with one attached hydrogen (secondary N) is 1. The zero-order valence-corrected chi connectivity index (χ0v) is 24.1. The molecule has 2 aromatic rings. The summed E-state index contributed by atoms with van der Waals surface area (Å²) in [4.78, 5) is 41.0. The maximum absolute atomic E-state index is 13.9. The predicted molar refractivity (Wildman–Crippen MR) is 150 cm³/mol. The Labute approximate surface area is 235 Å². The fourth-order valence-corrected chi connectivity index (χ4v) is 5.01. The Bertz CT molecular complexity index is 1310. The molecule has 0 saturated heterocycles. The number of benzene rings is 2. The number of fused-ring (bicyclic) bond motifs is 1. The first-order chi connectivity index (χ1) is 18.7. The molecule has 214 valence electrons. The van der Waals surface area contributed by atoms with Crippen molar-refractivity contribution < 1.29 is 33.7 Å². The van der Waals surface area contributed by atoms with Crippen molar-refractivity contribution in [3.63, 3.8) is 0 Å². The molecule has 0 bridgehead atoms. The molecule has 2 aromatic carbocycles. The Morgan fingerprint density at radius 3 is 2.10 bits per heavy atom. The summed E-state index contributed by atoms with van der Waals surface area (Å²) < 4.78 is 17.7. The monoisotopic (exact) mass is 549 g/mol. The zero-order chi connectivity index (χ0) is 29.2. The van der Waals surface area contributed by atoms with E-state index in [0.717, 1.165) is 32.1 Å². The molecule has 40 heavy (non-hydrogen) atoms. The van der Waals surface area contributed by atoms with E-state index in [4.69, 9.17) is 14.2 Å². The molecule has 0 aromatic heterocycles. The third-order valence-electron chi connectivity index (χ3n) is 6.69. The summed E-state index contributed by atoms with van der Waals surface area (Å²) in [6.07, 6.45) is 4.96. The van der Waals surface area contributed by atoms with Gasteiger partial charge in [0.15, 0.2) is 5.78 Å². The predicted octanol–water partition coefficient (Wildman–Crippen LogP) is 5.92. The second-order valence-electron chi connectivity index (χ2n) is 12.4. The molecule has 1 aliphatic heterocycles. The standard InChI is InChI=1S/C32H39NO7/c1-31(2,3)39-29(36)24-23-22(18-17-21(27(23)35)26(34)19-13-9-7-10-14-19)38-28(33-20-15-11-8-12-16-20)25(24)30(37)40-32(4,5)6/h7,9-10,13-14,17-18,20,24,33,35H,8,11-12,15-16H2,1-6H3. The van der Waals surface area contributed by atoms with E-state index < -0.39 is 40.6 Å². The second kappa shape index (κ2) is 11.4. The highest BCUT2D eigenvalue weighted by molar-refractivity contribution is 6.11. The van der Waals surface area contributed by atoms with Gasteiger partial charge in [0.05, 0.1) is 11.1 Å². The molecule has 8 heteroatoms. The van der Waals surface area contributed by atoms with Crippen LogP contribution in [0.25, 0.3) is 0 Å². The molecule has 2 aliphatic rings. The molecule has 1 atom stereocenters. The van der Waals surface area contributed by atoms with Gasteiger partial charge in [0.1, 0.15) is 34.2 Å². The highest BCUT2D eigenvalue weighted by Gasteiger charge is 2.45. The van der Waals surface area contributed by atoms with Crippen LogP contribution in [0.5, 0.6) is 11.5 Å². The number of ether oxygens (including phenoxy) is 3. The largest absolute Gasteiger partial charge is 0.507 e. The Balaban J connectivity index is 1.90. The number of aromatic hydroxyl groups is 1. The van der Waals surface area contributed by atoms with Crippen LogP contribution in [0, 0.1) is 0 Å². The molecule has 1 saturated carbocycles. The van der Waals surface area contributed by atoms with Crippen molar-refractivity contribution in [2.75, 3.05) is 0 Å². The van der Waals surface area contributed by atoms with Gasteiger partial charge in [-0.15, -0.1) is 0 Å². The minimum atomic E-state index is -1.40. The molecule has 4 rings (SSSR count). The smallest absolute Gasteiger partial charge is 0.341 e. The van der Waals surface area contributed by atoms with E-state index in [1.165, 1.54) is 12.1 Å². The third kappa shape index (κ3) is 6.66. The maximum Gasteiger partial charge on any atom is 0.341 e. The third-order valence-corrected chi connectivity index (χ3v) is 6.69. The highest BCUT2D eigenvalue weighted by Crippen LogP contribution is 2.47. The molecule has 1 fully saturated rings. The summed E-state index contributed by atoms with van der Waals surface area (Å²) >= 11 is 0. The highest BCUT2D eigenvalue weighted by atomic mass is 16.6. The SMILES string of the molecule is CC(C)(C)OC(=O)C1=C(NC2CCCCC2)Oc2ccc(C(=O)c3ccccc3)c(O)c2C1C(=O)OC(C)(C)C. The van der Waals surface area contributed by atoms with Gasteiger partial charge in [0, 0.05) is 11.6 Å². The summed E-state index contributed by atoms with van der Waals surface area (Å²) in [7, 11) is 0. The van der Waals surface area contributed by atoms with Crippen LogP contribution in [0.2, 0.25) is 0 Å². The Morgan fingerprint density at radius 2 is 1.50 bits per heavy atom. The fourth-order valence-electron chi connectivity index (χ4n) is 5.01. The van der Waals surface area contributed by atoms with E-state index >= 15 is 0 Å². The van der Waals surface area contributed by atoms with Crippen molar-refractivity contribution >= 4 is 17.7 Å². The van der Waals surface area contributed by atoms with Crippen LogP contribution >= 0.6 is 0 Å². The van der Waals surface area contributed by atoms with Crippen LogP contribution in [-0.4, -0.2) is 40.1 Å². The van der Waals surface area contributed by atoms with Gasteiger partial charge in [-0.3, -0.25) is 9.59 Å². The van der Waals surface area contributed by atoms with Gasteiger partial charge in [-0.1, -0.05) is 49.6 Å². The normalized spacial score (nSPS) is 17.9. The van der Waals surface area contributed by atoms with E-state index in [1.807, 2.05) is 0 Å². The van der Waals surface area contributed by atoms with Crippen LogP contribution in [0.15, 0.2) is 53.9 Å². The number of carbonyl (C=O) groups is 3. The molecule has 2 N–H and O–H groups in total. The summed E-state index contributed by atoms with van der Waals surface area (Å²) in [6.45, 7) is 10.4.